The van der Waals surface area contributed by atoms with Gasteiger partial charge in [0.25, 0.3) is 0 Å². The first kappa shape index (κ1) is 18.0. The summed E-state index contributed by atoms with van der Waals surface area (Å²) in [5.41, 5.74) is 0.553. The van der Waals surface area contributed by atoms with Gasteiger partial charge in [0.05, 0.1) is 26.9 Å². The largest absolute Gasteiger partial charge is 0.508 e. The molecule has 0 aliphatic rings. The fraction of sp³-hybridized carbons (Fsp3) is 0.167. The summed E-state index contributed by atoms with van der Waals surface area (Å²) in [7, 11) is 4.31. The van der Waals surface area contributed by atoms with Gasteiger partial charge in [0.15, 0.2) is 11.5 Å². The summed E-state index contributed by atoms with van der Waals surface area (Å²) in [6.45, 7) is 0. The second kappa shape index (κ2) is 7.48. The summed E-state index contributed by atoms with van der Waals surface area (Å²) in [5, 5.41) is 28.7. The predicted molar refractivity (Wildman–Crippen MR) is 91.4 cm³/mol. The average Bonchev–Trinajstić information content (AvgIpc) is 2.57. The Morgan fingerprint density at radius 1 is 0.880 bits per heavy atom. The maximum Gasteiger partial charge on any atom is 0.336 e. The molecular weight excluding hydrogens is 328 g/mol. The number of ether oxygens (including phenoxy) is 3. The van der Waals surface area contributed by atoms with Crippen LogP contribution >= 0.6 is 0 Å². The molecule has 2 aromatic rings. The standard InChI is InChI=1S/C18H18O7/c1-23-15-7-11(8-16(24-2)17(15)25-3)14(18(21)22)6-10-4-12(19)9-13(20)5-10/h4-9,19-20H,1-3H3,(H,21,22)/b14-6+. The fourth-order valence-electron chi connectivity index (χ4n) is 2.37. The maximum atomic E-state index is 11.7. The molecule has 0 aliphatic heterocycles. The van der Waals surface area contributed by atoms with Crippen LogP contribution in [0.2, 0.25) is 0 Å². The number of phenolic OH excluding ortho intramolecular Hbond substituents is 2. The summed E-state index contributed by atoms with van der Waals surface area (Å²) in [6, 6.07) is 6.83. The molecule has 0 aliphatic carbocycles. The van der Waals surface area contributed by atoms with Crippen LogP contribution in [0.4, 0.5) is 0 Å². The highest BCUT2D eigenvalue weighted by Crippen LogP contribution is 2.40. The smallest absolute Gasteiger partial charge is 0.336 e. The first-order valence-electron chi connectivity index (χ1n) is 7.18. The van der Waals surface area contributed by atoms with Crippen molar-refractivity contribution in [2.75, 3.05) is 21.3 Å². The number of hydrogen-bond acceptors (Lipinski definition) is 6. The second-order valence-electron chi connectivity index (χ2n) is 5.06. The van der Waals surface area contributed by atoms with Crippen molar-refractivity contribution in [1.29, 1.82) is 0 Å². The highest BCUT2D eigenvalue weighted by atomic mass is 16.5. The van der Waals surface area contributed by atoms with Gasteiger partial charge < -0.3 is 29.5 Å². The lowest BCUT2D eigenvalue weighted by atomic mass is 10.0. The van der Waals surface area contributed by atoms with E-state index >= 15 is 0 Å². The van der Waals surface area contributed by atoms with E-state index in [1.54, 1.807) is 0 Å². The third-order valence-electron chi connectivity index (χ3n) is 3.44. The number of aromatic hydroxyl groups is 2. The molecular formula is C18H18O7. The third kappa shape index (κ3) is 3.95. The summed E-state index contributed by atoms with van der Waals surface area (Å²) >= 11 is 0. The number of carbonyl (C=O) groups is 1. The van der Waals surface area contributed by atoms with E-state index in [2.05, 4.69) is 0 Å². The lowest BCUT2D eigenvalue weighted by molar-refractivity contribution is -0.130. The summed E-state index contributed by atoms with van der Waals surface area (Å²) in [4.78, 5) is 11.7. The van der Waals surface area contributed by atoms with Crippen LogP contribution in [0, 0.1) is 0 Å². The number of aliphatic carboxylic acids is 1. The van der Waals surface area contributed by atoms with Gasteiger partial charge in [-0.2, -0.15) is 0 Å². The van der Waals surface area contributed by atoms with E-state index in [1.165, 1.54) is 51.7 Å². The van der Waals surface area contributed by atoms with E-state index in [9.17, 15) is 20.1 Å². The van der Waals surface area contributed by atoms with E-state index in [4.69, 9.17) is 14.2 Å². The molecule has 0 saturated carbocycles. The van der Waals surface area contributed by atoms with E-state index < -0.39 is 5.97 Å². The zero-order valence-corrected chi connectivity index (χ0v) is 13.9. The third-order valence-corrected chi connectivity index (χ3v) is 3.44. The van der Waals surface area contributed by atoms with Crippen molar-refractivity contribution >= 4 is 17.6 Å². The number of hydrogen-bond donors (Lipinski definition) is 3. The SMILES string of the molecule is COc1cc(/C(=C\c2cc(O)cc(O)c2)C(=O)O)cc(OC)c1OC. The summed E-state index contributed by atoms with van der Waals surface area (Å²) in [5.74, 6) is -0.599. The minimum absolute atomic E-state index is 0.0794. The van der Waals surface area contributed by atoms with E-state index in [0.29, 0.717) is 28.4 Å². The van der Waals surface area contributed by atoms with Crippen LogP contribution in [0.15, 0.2) is 30.3 Å². The van der Waals surface area contributed by atoms with Crippen LogP contribution in [0.5, 0.6) is 28.7 Å². The molecule has 0 bridgehead atoms. The maximum absolute atomic E-state index is 11.7. The zero-order valence-electron chi connectivity index (χ0n) is 13.9. The normalized spacial score (nSPS) is 11.1. The van der Waals surface area contributed by atoms with Gasteiger partial charge in [-0.05, 0) is 41.5 Å². The van der Waals surface area contributed by atoms with Crippen molar-refractivity contribution in [3.05, 3.63) is 41.5 Å². The molecule has 7 heteroatoms. The first-order chi connectivity index (χ1) is 11.9. The number of carboxylic acid groups (broad SMARTS) is 1. The minimum atomic E-state index is -1.20. The molecule has 0 spiro atoms. The Bertz CT molecular complexity index is 779. The topological polar surface area (TPSA) is 105 Å². The van der Waals surface area contributed by atoms with Gasteiger partial charge in [0.1, 0.15) is 11.5 Å². The van der Waals surface area contributed by atoms with Crippen molar-refractivity contribution in [2.45, 2.75) is 0 Å². The Hall–Kier alpha value is -3.35. The molecule has 3 N–H and O–H groups in total. The van der Waals surface area contributed by atoms with Crippen molar-refractivity contribution in [1.82, 2.24) is 0 Å². The number of phenols is 2. The molecule has 2 aromatic carbocycles. The van der Waals surface area contributed by atoms with Gasteiger partial charge in [0, 0.05) is 6.07 Å². The first-order valence-corrected chi connectivity index (χ1v) is 7.18. The van der Waals surface area contributed by atoms with Crippen LogP contribution in [-0.4, -0.2) is 42.6 Å². The van der Waals surface area contributed by atoms with Crippen molar-refractivity contribution < 1.29 is 34.3 Å². The molecule has 0 aromatic heterocycles. The monoisotopic (exact) mass is 346 g/mol. The van der Waals surface area contributed by atoms with Crippen molar-refractivity contribution in [3.63, 3.8) is 0 Å². The van der Waals surface area contributed by atoms with Gasteiger partial charge in [0.2, 0.25) is 5.75 Å². The van der Waals surface area contributed by atoms with Gasteiger partial charge >= 0.3 is 5.97 Å². The van der Waals surface area contributed by atoms with E-state index in [1.807, 2.05) is 0 Å². The van der Waals surface area contributed by atoms with Crippen LogP contribution in [0.3, 0.4) is 0 Å². The molecule has 0 heterocycles. The highest BCUT2D eigenvalue weighted by molar-refractivity contribution is 6.21. The summed E-state index contributed by atoms with van der Waals surface area (Å²) in [6.07, 6.45) is 1.32. The molecule has 0 amide bonds. The predicted octanol–water partition coefficient (Wildman–Crippen LogP) is 2.75. The molecule has 0 saturated heterocycles. The molecule has 0 atom stereocenters. The Kier molecular flexibility index (Phi) is 5.38. The zero-order chi connectivity index (χ0) is 18.6. The molecule has 2 rings (SSSR count). The average molecular weight is 346 g/mol. The molecule has 7 nitrogen and oxygen atoms in total. The molecule has 0 unspecified atom stereocenters. The molecule has 25 heavy (non-hydrogen) atoms. The lowest BCUT2D eigenvalue weighted by Crippen LogP contribution is -2.02. The van der Waals surface area contributed by atoms with Gasteiger partial charge in [-0.15, -0.1) is 0 Å². The molecule has 0 radical (unpaired) electrons. The number of carboxylic acids is 1. The Labute approximate surface area is 144 Å². The van der Waals surface area contributed by atoms with Gasteiger partial charge in [-0.25, -0.2) is 4.79 Å². The van der Waals surface area contributed by atoms with Crippen LogP contribution in [0.25, 0.3) is 11.6 Å². The number of benzene rings is 2. The second-order valence-corrected chi connectivity index (χ2v) is 5.06. The van der Waals surface area contributed by atoms with E-state index in [-0.39, 0.29) is 17.1 Å². The molecule has 132 valence electrons. The summed E-state index contributed by atoms with van der Waals surface area (Å²) < 4.78 is 15.7. The van der Waals surface area contributed by atoms with Crippen LogP contribution in [0.1, 0.15) is 11.1 Å². The van der Waals surface area contributed by atoms with Gasteiger partial charge in [-0.3, -0.25) is 0 Å². The Morgan fingerprint density at radius 3 is 1.80 bits per heavy atom. The van der Waals surface area contributed by atoms with Crippen LogP contribution < -0.4 is 14.2 Å². The highest BCUT2D eigenvalue weighted by Gasteiger charge is 2.18. The fourth-order valence-corrected chi connectivity index (χ4v) is 2.37. The van der Waals surface area contributed by atoms with Gasteiger partial charge in [-0.1, -0.05) is 0 Å². The number of methoxy groups -OCH3 is 3. The molecule has 0 fully saturated rings. The van der Waals surface area contributed by atoms with E-state index in [0.717, 1.165) is 6.07 Å². The van der Waals surface area contributed by atoms with Crippen molar-refractivity contribution in [2.24, 2.45) is 0 Å². The Balaban J connectivity index is 2.65. The quantitative estimate of drug-likeness (QED) is 0.545. The lowest BCUT2D eigenvalue weighted by Gasteiger charge is -2.14. The Morgan fingerprint density at radius 2 is 1.40 bits per heavy atom. The van der Waals surface area contributed by atoms with Crippen LogP contribution in [-0.2, 0) is 4.79 Å². The number of rotatable bonds is 6. The minimum Gasteiger partial charge on any atom is -0.508 e. The van der Waals surface area contributed by atoms with Crippen molar-refractivity contribution in [3.8, 4) is 28.7 Å².